The Morgan fingerprint density at radius 3 is 2.48 bits per heavy atom. The first kappa shape index (κ1) is 16.9. The zero-order valence-electron chi connectivity index (χ0n) is 14.4. The van der Waals surface area contributed by atoms with E-state index in [4.69, 9.17) is 5.73 Å². The van der Waals surface area contributed by atoms with E-state index in [9.17, 15) is 4.79 Å². The van der Waals surface area contributed by atoms with E-state index in [2.05, 4.69) is 10.3 Å². The Balaban J connectivity index is 1.92. The Morgan fingerprint density at radius 1 is 1.12 bits per heavy atom. The van der Waals surface area contributed by atoms with Gasteiger partial charge in [-0.25, -0.2) is 4.98 Å². The first-order valence-corrected chi connectivity index (χ1v) is 8.20. The van der Waals surface area contributed by atoms with Crippen molar-refractivity contribution in [2.24, 2.45) is 5.73 Å². The first-order chi connectivity index (χ1) is 12.1. The molecule has 0 saturated carbocycles. The zero-order chi connectivity index (χ0) is 17.8. The van der Waals surface area contributed by atoms with Crippen molar-refractivity contribution in [2.75, 3.05) is 19.0 Å². The molecule has 2 aromatic carbocycles. The summed E-state index contributed by atoms with van der Waals surface area (Å²) in [5.74, 6) is 0.489. The van der Waals surface area contributed by atoms with Crippen molar-refractivity contribution in [3.8, 4) is 0 Å². The quantitative estimate of drug-likeness (QED) is 0.727. The number of nitrogens with one attached hydrogen (secondary N) is 1. The van der Waals surface area contributed by atoms with E-state index in [1.54, 1.807) is 0 Å². The molecule has 1 heterocycles. The van der Waals surface area contributed by atoms with Crippen LogP contribution < -0.4 is 16.0 Å². The summed E-state index contributed by atoms with van der Waals surface area (Å²) in [6.45, 7) is 0.520. The van der Waals surface area contributed by atoms with Crippen LogP contribution in [0.4, 0.5) is 5.82 Å². The highest BCUT2D eigenvalue weighted by Crippen LogP contribution is 2.23. The summed E-state index contributed by atoms with van der Waals surface area (Å²) in [5.41, 5.74) is 8.48. The van der Waals surface area contributed by atoms with Gasteiger partial charge in [-0.1, -0.05) is 48.5 Å². The normalized spacial score (nSPS) is 12.1. The number of aromatic nitrogens is 1. The van der Waals surface area contributed by atoms with Crippen LogP contribution in [0.2, 0.25) is 0 Å². The Labute approximate surface area is 147 Å². The van der Waals surface area contributed by atoms with Gasteiger partial charge in [-0.15, -0.1) is 0 Å². The number of hydrogen-bond donors (Lipinski definition) is 2. The minimum absolute atomic E-state index is 0.391. The van der Waals surface area contributed by atoms with Crippen LogP contribution in [0.5, 0.6) is 0 Å². The Bertz CT molecular complexity index is 877. The third kappa shape index (κ3) is 3.78. The number of pyridine rings is 1. The molecular weight excluding hydrogens is 312 g/mol. The molecule has 1 aromatic heterocycles. The van der Waals surface area contributed by atoms with Gasteiger partial charge in [0.25, 0.3) is 0 Å². The lowest BCUT2D eigenvalue weighted by atomic mass is 10.0. The van der Waals surface area contributed by atoms with E-state index in [0.717, 1.165) is 27.8 Å². The smallest absolute Gasteiger partial charge is 0.239 e. The van der Waals surface area contributed by atoms with Crippen LogP contribution in [0.15, 0.2) is 60.7 Å². The number of nitrogens with zero attached hydrogens (tertiary/aromatic N) is 2. The maximum Gasteiger partial charge on any atom is 0.239 e. The number of hydrogen-bond acceptors (Lipinski definition) is 4. The number of nitrogens with two attached hydrogens (primary N) is 1. The molecule has 0 aliphatic rings. The molecular formula is C20H22N4O. The van der Waals surface area contributed by atoms with Gasteiger partial charge in [0.1, 0.15) is 11.9 Å². The number of fused-ring (bicyclic) bond motifs is 1. The summed E-state index contributed by atoms with van der Waals surface area (Å²) in [5, 5.41) is 4.36. The van der Waals surface area contributed by atoms with E-state index in [1.165, 1.54) is 0 Å². The van der Waals surface area contributed by atoms with Crippen LogP contribution in [-0.4, -0.2) is 25.0 Å². The molecule has 0 unspecified atom stereocenters. The van der Waals surface area contributed by atoms with Gasteiger partial charge in [-0.3, -0.25) is 10.1 Å². The maximum absolute atomic E-state index is 11.9. The highest BCUT2D eigenvalue weighted by molar-refractivity contribution is 5.84. The number of primary amides is 1. The Kier molecular flexibility index (Phi) is 4.95. The van der Waals surface area contributed by atoms with Crippen molar-refractivity contribution in [3.63, 3.8) is 0 Å². The lowest BCUT2D eigenvalue weighted by Crippen LogP contribution is -2.33. The van der Waals surface area contributed by atoms with Gasteiger partial charge in [-0.05, 0) is 23.3 Å². The number of carbonyl (C=O) groups is 1. The number of rotatable bonds is 6. The molecule has 3 rings (SSSR count). The van der Waals surface area contributed by atoms with Crippen LogP contribution in [-0.2, 0) is 11.3 Å². The fourth-order valence-electron chi connectivity index (χ4n) is 2.85. The van der Waals surface area contributed by atoms with E-state index < -0.39 is 11.9 Å². The van der Waals surface area contributed by atoms with Crippen LogP contribution in [0.25, 0.3) is 10.9 Å². The summed E-state index contributed by atoms with van der Waals surface area (Å²) < 4.78 is 0. The van der Waals surface area contributed by atoms with Gasteiger partial charge >= 0.3 is 0 Å². The van der Waals surface area contributed by atoms with Crippen LogP contribution >= 0.6 is 0 Å². The topological polar surface area (TPSA) is 71.2 Å². The molecule has 0 saturated heterocycles. The molecule has 25 heavy (non-hydrogen) atoms. The van der Waals surface area contributed by atoms with Gasteiger partial charge in [-0.2, -0.15) is 0 Å². The molecule has 0 aliphatic heterocycles. The standard InChI is InChI=1S/C20H22N4O/c1-24(2)18-12-15(16-10-6-7-11-17(16)23-18)13-22-19(20(21)25)14-8-4-3-5-9-14/h3-12,19,22H,13H2,1-2H3,(H2,21,25)/t19-/m1/s1. The molecule has 128 valence electrons. The van der Waals surface area contributed by atoms with Crippen molar-refractivity contribution in [3.05, 3.63) is 71.8 Å². The molecule has 5 heteroatoms. The number of benzene rings is 2. The third-order valence-electron chi connectivity index (χ3n) is 4.16. The molecule has 0 spiro atoms. The molecule has 0 radical (unpaired) electrons. The van der Waals surface area contributed by atoms with Crippen molar-refractivity contribution in [1.82, 2.24) is 10.3 Å². The van der Waals surface area contributed by atoms with E-state index in [1.807, 2.05) is 79.7 Å². The average molecular weight is 334 g/mol. The molecule has 5 nitrogen and oxygen atoms in total. The lowest BCUT2D eigenvalue weighted by Gasteiger charge is -2.19. The second-order valence-electron chi connectivity index (χ2n) is 6.18. The third-order valence-corrected chi connectivity index (χ3v) is 4.16. The predicted molar refractivity (Wildman–Crippen MR) is 101 cm³/mol. The summed E-state index contributed by atoms with van der Waals surface area (Å²) >= 11 is 0. The molecule has 0 bridgehead atoms. The molecule has 1 amide bonds. The molecule has 0 fully saturated rings. The van der Waals surface area contributed by atoms with Gasteiger partial charge in [0.15, 0.2) is 0 Å². The van der Waals surface area contributed by atoms with Crippen LogP contribution in [0.1, 0.15) is 17.2 Å². The SMILES string of the molecule is CN(C)c1cc(CN[C@@H](C(N)=O)c2ccccc2)c2ccccc2n1. The van der Waals surface area contributed by atoms with Gasteiger partial charge in [0, 0.05) is 26.0 Å². The second-order valence-corrected chi connectivity index (χ2v) is 6.18. The van der Waals surface area contributed by atoms with Crippen LogP contribution in [0, 0.1) is 0 Å². The highest BCUT2D eigenvalue weighted by Gasteiger charge is 2.17. The lowest BCUT2D eigenvalue weighted by molar-refractivity contribution is -0.120. The first-order valence-electron chi connectivity index (χ1n) is 8.20. The van der Waals surface area contributed by atoms with Crippen molar-refractivity contribution >= 4 is 22.6 Å². The molecule has 0 aliphatic carbocycles. The Hall–Kier alpha value is -2.92. The van der Waals surface area contributed by atoms with Crippen molar-refractivity contribution in [2.45, 2.75) is 12.6 Å². The summed E-state index contributed by atoms with van der Waals surface area (Å²) in [6.07, 6.45) is 0. The van der Waals surface area contributed by atoms with Crippen LogP contribution in [0.3, 0.4) is 0 Å². The highest BCUT2D eigenvalue weighted by atomic mass is 16.1. The molecule has 3 aromatic rings. The predicted octanol–water partition coefficient (Wildman–Crippen LogP) is 2.62. The number of para-hydroxylation sites is 1. The van der Waals surface area contributed by atoms with E-state index in [0.29, 0.717) is 6.54 Å². The Morgan fingerprint density at radius 2 is 1.80 bits per heavy atom. The summed E-state index contributed by atoms with van der Waals surface area (Å²) in [7, 11) is 3.93. The minimum Gasteiger partial charge on any atom is -0.368 e. The zero-order valence-corrected chi connectivity index (χ0v) is 14.4. The average Bonchev–Trinajstić information content (AvgIpc) is 2.62. The minimum atomic E-state index is -0.532. The fourth-order valence-corrected chi connectivity index (χ4v) is 2.85. The second kappa shape index (κ2) is 7.32. The summed E-state index contributed by atoms with van der Waals surface area (Å²) in [4.78, 5) is 18.5. The number of amides is 1. The molecule has 3 N–H and O–H groups in total. The van der Waals surface area contributed by atoms with Crippen molar-refractivity contribution < 1.29 is 4.79 Å². The van der Waals surface area contributed by atoms with Gasteiger partial charge in [0.05, 0.1) is 5.52 Å². The maximum atomic E-state index is 11.9. The monoisotopic (exact) mass is 334 g/mol. The van der Waals surface area contributed by atoms with Crippen molar-refractivity contribution in [1.29, 1.82) is 0 Å². The fraction of sp³-hybridized carbons (Fsp3) is 0.200. The van der Waals surface area contributed by atoms with Gasteiger partial charge in [0.2, 0.25) is 5.91 Å². The van der Waals surface area contributed by atoms with E-state index >= 15 is 0 Å². The largest absolute Gasteiger partial charge is 0.368 e. The van der Waals surface area contributed by atoms with Gasteiger partial charge < -0.3 is 10.6 Å². The number of carbonyl (C=O) groups excluding carboxylic acids is 1. The van der Waals surface area contributed by atoms with E-state index in [-0.39, 0.29) is 0 Å². The molecule has 1 atom stereocenters. The summed E-state index contributed by atoms with van der Waals surface area (Å²) in [6, 6.07) is 19.0. The number of anilines is 1.